The van der Waals surface area contributed by atoms with Gasteiger partial charge in [-0.2, -0.15) is 13.5 Å². The molecular formula is C23H17N3O3S. The van der Waals surface area contributed by atoms with Crippen LogP contribution in [-0.4, -0.2) is 13.0 Å². The molecule has 148 valence electrons. The van der Waals surface area contributed by atoms with Crippen LogP contribution in [0.15, 0.2) is 87.9 Å². The van der Waals surface area contributed by atoms with E-state index in [4.69, 9.17) is 5.73 Å². The van der Waals surface area contributed by atoms with Crippen LogP contribution in [0.1, 0.15) is 11.1 Å². The van der Waals surface area contributed by atoms with Gasteiger partial charge in [0.1, 0.15) is 10.6 Å². The molecule has 0 radical (unpaired) electrons. The summed E-state index contributed by atoms with van der Waals surface area (Å²) >= 11 is 0. The molecule has 30 heavy (non-hydrogen) atoms. The minimum absolute atomic E-state index is 0.185. The van der Waals surface area contributed by atoms with Crippen molar-refractivity contribution in [2.75, 3.05) is 5.73 Å². The van der Waals surface area contributed by atoms with Crippen LogP contribution in [0.5, 0.6) is 0 Å². The zero-order chi connectivity index (χ0) is 20.9. The van der Waals surface area contributed by atoms with Gasteiger partial charge in [0.05, 0.1) is 11.4 Å². The zero-order valence-electron chi connectivity index (χ0n) is 15.8. The number of nitrogens with zero attached hydrogens (tertiary/aromatic N) is 2. The molecule has 0 saturated heterocycles. The smallest absolute Gasteiger partial charge is 0.295 e. The molecule has 0 atom stereocenters. The largest absolute Gasteiger partial charge is 0.396 e. The minimum Gasteiger partial charge on any atom is -0.396 e. The minimum atomic E-state index is -4.45. The van der Waals surface area contributed by atoms with E-state index in [1.165, 1.54) is 22.8 Å². The number of nitrogens with two attached hydrogens (primary N) is 1. The van der Waals surface area contributed by atoms with Crippen molar-refractivity contribution in [3.63, 3.8) is 0 Å². The Bertz CT molecular complexity index is 1460. The number of nitrogen functional groups attached to an aromatic ring is 1. The second-order valence-electron chi connectivity index (χ2n) is 7.20. The summed E-state index contributed by atoms with van der Waals surface area (Å²) < 4.78 is 33.4. The third kappa shape index (κ3) is 3.04. The first-order chi connectivity index (χ1) is 14.4. The van der Waals surface area contributed by atoms with E-state index in [1.54, 1.807) is 24.3 Å². The van der Waals surface area contributed by atoms with Gasteiger partial charge in [-0.25, -0.2) is 0 Å². The first-order valence-electron chi connectivity index (χ1n) is 9.33. The van der Waals surface area contributed by atoms with Crippen molar-refractivity contribution in [3.05, 3.63) is 83.9 Å². The first kappa shape index (κ1) is 18.5. The third-order valence-corrected chi connectivity index (χ3v) is 6.25. The van der Waals surface area contributed by atoms with Gasteiger partial charge in [-0.1, -0.05) is 54.6 Å². The van der Waals surface area contributed by atoms with Crippen LogP contribution in [0.2, 0.25) is 0 Å². The lowest BCUT2D eigenvalue weighted by Gasteiger charge is -2.09. The van der Waals surface area contributed by atoms with Crippen molar-refractivity contribution in [2.24, 2.45) is 10.2 Å². The summed E-state index contributed by atoms with van der Waals surface area (Å²) in [6.45, 7) is 0. The first-order valence-corrected chi connectivity index (χ1v) is 10.8. The Hall–Kier alpha value is -3.55. The Morgan fingerprint density at radius 2 is 1.50 bits per heavy atom. The van der Waals surface area contributed by atoms with Crippen molar-refractivity contribution in [1.29, 1.82) is 0 Å². The molecule has 0 heterocycles. The zero-order valence-corrected chi connectivity index (χ0v) is 16.6. The third-order valence-electron chi connectivity index (χ3n) is 5.35. The number of hydrogen-bond donors (Lipinski definition) is 2. The Morgan fingerprint density at radius 1 is 0.800 bits per heavy atom. The molecule has 4 aromatic carbocycles. The maximum atomic E-state index is 11.9. The summed E-state index contributed by atoms with van der Waals surface area (Å²) in [5.74, 6) is 0. The predicted molar refractivity (Wildman–Crippen MR) is 117 cm³/mol. The van der Waals surface area contributed by atoms with E-state index in [9.17, 15) is 13.0 Å². The number of rotatable bonds is 3. The van der Waals surface area contributed by atoms with Crippen LogP contribution in [-0.2, 0) is 16.5 Å². The molecule has 5 rings (SSSR count). The molecule has 0 aromatic heterocycles. The fraction of sp³-hybridized carbons (Fsp3) is 0.0435. The van der Waals surface area contributed by atoms with Gasteiger partial charge in [-0.05, 0) is 46.9 Å². The summed E-state index contributed by atoms with van der Waals surface area (Å²) in [6.07, 6.45) is 0.833. The van der Waals surface area contributed by atoms with Crippen molar-refractivity contribution >= 4 is 38.0 Å². The molecule has 0 amide bonds. The Morgan fingerprint density at radius 3 is 2.30 bits per heavy atom. The lowest BCUT2D eigenvalue weighted by molar-refractivity contribution is 0.484. The van der Waals surface area contributed by atoms with E-state index in [0.29, 0.717) is 22.1 Å². The molecule has 1 aliphatic rings. The van der Waals surface area contributed by atoms with Crippen molar-refractivity contribution in [3.8, 4) is 11.1 Å². The van der Waals surface area contributed by atoms with Gasteiger partial charge in [-0.3, -0.25) is 4.55 Å². The standard InChI is InChI=1S/C23H17N3O3S/c24-23-20-8-4-3-7-19(20)22(30(27,28)29)13-21(23)26-25-16-9-10-18-15(12-16)11-14-5-1-2-6-17(14)18/h1-10,12-13H,11,24H2,(H,27,28,29). The number of hydrogen-bond acceptors (Lipinski definition) is 5. The summed E-state index contributed by atoms with van der Waals surface area (Å²) in [6, 6.07) is 22.1. The predicted octanol–water partition coefficient (Wildman–Crippen LogP) is 5.66. The van der Waals surface area contributed by atoms with Crippen LogP contribution in [0.25, 0.3) is 21.9 Å². The number of anilines is 1. The van der Waals surface area contributed by atoms with E-state index >= 15 is 0 Å². The van der Waals surface area contributed by atoms with Crippen LogP contribution >= 0.6 is 0 Å². The number of benzene rings is 4. The van der Waals surface area contributed by atoms with Gasteiger partial charge in [0.2, 0.25) is 0 Å². The summed E-state index contributed by atoms with van der Waals surface area (Å²) in [7, 11) is -4.45. The molecule has 4 aromatic rings. The van der Waals surface area contributed by atoms with Gasteiger partial charge >= 0.3 is 0 Å². The number of fused-ring (bicyclic) bond motifs is 4. The maximum absolute atomic E-state index is 11.9. The summed E-state index contributed by atoms with van der Waals surface area (Å²) in [5, 5.41) is 9.31. The van der Waals surface area contributed by atoms with Gasteiger partial charge in [0, 0.05) is 10.8 Å². The van der Waals surface area contributed by atoms with E-state index in [0.717, 1.165) is 12.0 Å². The molecule has 0 saturated carbocycles. The van der Waals surface area contributed by atoms with Crippen molar-refractivity contribution in [2.45, 2.75) is 11.3 Å². The van der Waals surface area contributed by atoms with Crippen LogP contribution in [0.4, 0.5) is 17.1 Å². The van der Waals surface area contributed by atoms with Gasteiger partial charge in [-0.15, -0.1) is 5.11 Å². The fourth-order valence-corrected chi connectivity index (χ4v) is 4.67. The van der Waals surface area contributed by atoms with Gasteiger partial charge < -0.3 is 5.73 Å². The van der Waals surface area contributed by atoms with Crippen LogP contribution in [0, 0.1) is 0 Å². The highest BCUT2D eigenvalue weighted by molar-refractivity contribution is 7.86. The van der Waals surface area contributed by atoms with Crippen LogP contribution in [0.3, 0.4) is 0 Å². The topological polar surface area (TPSA) is 105 Å². The van der Waals surface area contributed by atoms with E-state index in [1.807, 2.05) is 30.3 Å². The molecule has 1 aliphatic carbocycles. The van der Waals surface area contributed by atoms with Gasteiger partial charge in [0.25, 0.3) is 10.1 Å². The molecule has 0 fully saturated rings. The molecule has 0 aliphatic heterocycles. The van der Waals surface area contributed by atoms with Gasteiger partial charge in [0.15, 0.2) is 0 Å². The highest BCUT2D eigenvalue weighted by Crippen LogP contribution is 2.39. The lowest BCUT2D eigenvalue weighted by Crippen LogP contribution is -2.01. The van der Waals surface area contributed by atoms with E-state index < -0.39 is 10.1 Å². The molecule has 3 N–H and O–H groups in total. The average Bonchev–Trinajstić information content (AvgIpc) is 3.10. The lowest BCUT2D eigenvalue weighted by atomic mass is 10.1. The molecule has 0 bridgehead atoms. The number of azo groups is 1. The van der Waals surface area contributed by atoms with Crippen molar-refractivity contribution < 1.29 is 13.0 Å². The second-order valence-corrected chi connectivity index (χ2v) is 8.59. The monoisotopic (exact) mass is 415 g/mol. The Balaban J connectivity index is 1.57. The quantitative estimate of drug-likeness (QED) is 0.225. The summed E-state index contributed by atoms with van der Waals surface area (Å²) in [5.41, 5.74) is 12.2. The Labute approximate surface area is 173 Å². The molecule has 0 unspecified atom stereocenters. The van der Waals surface area contributed by atoms with Crippen LogP contribution < -0.4 is 5.73 Å². The normalized spacial score (nSPS) is 13.0. The van der Waals surface area contributed by atoms with Crippen molar-refractivity contribution in [1.82, 2.24) is 0 Å². The Kier molecular flexibility index (Phi) is 4.16. The average molecular weight is 415 g/mol. The van der Waals surface area contributed by atoms with E-state index in [2.05, 4.69) is 22.4 Å². The SMILES string of the molecule is Nc1c(N=Nc2ccc3c(c2)Cc2ccccc2-3)cc(S(=O)(=O)O)c2ccccc12. The molecule has 6 nitrogen and oxygen atoms in total. The fourth-order valence-electron chi connectivity index (χ4n) is 3.95. The molecule has 7 heteroatoms. The second kappa shape index (κ2) is 6.76. The molecular weight excluding hydrogens is 398 g/mol. The molecule has 0 spiro atoms. The van der Waals surface area contributed by atoms with E-state index in [-0.39, 0.29) is 10.6 Å². The highest BCUT2D eigenvalue weighted by Gasteiger charge is 2.19. The highest BCUT2D eigenvalue weighted by atomic mass is 32.2. The summed E-state index contributed by atoms with van der Waals surface area (Å²) in [4.78, 5) is -0.245. The maximum Gasteiger partial charge on any atom is 0.295 e.